The minimum atomic E-state index is -0.259. The van der Waals surface area contributed by atoms with Crippen molar-refractivity contribution in [3.8, 4) is 6.07 Å². The van der Waals surface area contributed by atoms with Crippen LogP contribution in [0, 0.1) is 17.2 Å². The van der Waals surface area contributed by atoms with Crippen LogP contribution in [0.2, 0.25) is 0 Å². The average Bonchev–Trinajstić information content (AvgIpc) is 2.95. The number of thioether (sulfide) groups is 1. The first-order valence-corrected chi connectivity index (χ1v) is 9.46. The Hall–Kier alpha value is -0.770. The van der Waals surface area contributed by atoms with Gasteiger partial charge in [-0.25, -0.2) is 5.01 Å². The summed E-state index contributed by atoms with van der Waals surface area (Å²) in [5.41, 5.74) is 3.45. The number of nitriles is 1. The van der Waals surface area contributed by atoms with Crippen molar-refractivity contribution >= 4 is 17.7 Å². The summed E-state index contributed by atoms with van der Waals surface area (Å²) in [4.78, 5) is 14.3. The third-order valence-electron chi connectivity index (χ3n) is 4.51. The van der Waals surface area contributed by atoms with Crippen molar-refractivity contribution < 1.29 is 4.79 Å². The van der Waals surface area contributed by atoms with Gasteiger partial charge in [0, 0.05) is 17.8 Å². The van der Waals surface area contributed by atoms with Crippen molar-refractivity contribution in [2.24, 2.45) is 5.92 Å². The highest BCUT2D eigenvalue weighted by atomic mass is 32.2. The molecule has 2 rings (SSSR count). The summed E-state index contributed by atoms with van der Waals surface area (Å²) in [6.45, 7) is 6.88. The number of amides is 1. The predicted molar refractivity (Wildman–Crippen MR) is 90.0 cm³/mol. The lowest BCUT2D eigenvalue weighted by Crippen LogP contribution is -2.54. The molecule has 1 heterocycles. The van der Waals surface area contributed by atoms with Crippen LogP contribution in [-0.2, 0) is 4.79 Å². The molecule has 22 heavy (non-hydrogen) atoms. The van der Waals surface area contributed by atoms with E-state index in [2.05, 4.69) is 37.3 Å². The summed E-state index contributed by atoms with van der Waals surface area (Å²) in [5, 5.41) is 11.3. The molecule has 1 aliphatic carbocycles. The van der Waals surface area contributed by atoms with Gasteiger partial charge in [0.1, 0.15) is 6.04 Å². The fraction of sp³-hybridized carbons (Fsp3) is 0.875. The maximum Gasteiger partial charge on any atom is 0.240 e. The Balaban J connectivity index is 1.97. The van der Waals surface area contributed by atoms with Crippen LogP contribution in [0.1, 0.15) is 46.5 Å². The highest BCUT2D eigenvalue weighted by Crippen LogP contribution is 2.27. The summed E-state index contributed by atoms with van der Waals surface area (Å²) in [5.74, 6) is 2.25. The van der Waals surface area contributed by atoms with Gasteiger partial charge in [0.15, 0.2) is 0 Å². The standard InChI is InChI=1S/C16H28N4OS/c1-12(2)18-20(14-6-4-13(3)5-7-14)9-16(21)19-11-22-10-15(19)8-17/h12-15,18H,4-7,9-11H2,1-3H3. The first kappa shape index (κ1) is 17.6. The molecule has 2 fully saturated rings. The first-order chi connectivity index (χ1) is 10.5. The number of rotatable bonds is 5. The largest absolute Gasteiger partial charge is 0.315 e. The van der Waals surface area contributed by atoms with Crippen molar-refractivity contribution in [1.82, 2.24) is 15.3 Å². The highest BCUT2D eigenvalue weighted by molar-refractivity contribution is 7.99. The maximum absolute atomic E-state index is 12.6. The van der Waals surface area contributed by atoms with Crippen LogP contribution in [0.15, 0.2) is 0 Å². The molecule has 6 heteroatoms. The zero-order valence-corrected chi connectivity index (χ0v) is 14.7. The van der Waals surface area contributed by atoms with Gasteiger partial charge in [-0.1, -0.05) is 6.92 Å². The summed E-state index contributed by atoms with van der Waals surface area (Å²) >= 11 is 1.66. The van der Waals surface area contributed by atoms with Gasteiger partial charge in [0.2, 0.25) is 5.91 Å². The van der Waals surface area contributed by atoms with E-state index in [1.165, 1.54) is 12.8 Å². The van der Waals surface area contributed by atoms with Gasteiger partial charge in [-0.2, -0.15) is 5.26 Å². The third-order valence-corrected chi connectivity index (χ3v) is 5.52. The number of hydrazine groups is 1. The second-order valence-corrected chi connectivity index (χ2v) is 7.83. The zero-order chi connectivity index (χ0) is 16.1. The number of carbonyl (C=O) groups is 1. The molecule has 5 nitrogen and oxygen atoms in total. The van der Waals surface area contributed by atoms with E-state index in [-0.39, 0.29) is 11.9 Å². The second kappa shape index (κ2) is 8.19. The van der Waals surface area contributed by atoms with E-state index in [4.69, 9.17) is 5.26 Å². The van der Waals surface area contributed by atoms with E-state index in [1.54, 1.807) is 16.7 Å². The molecule has 1 atom stereocenters. The fourth-order valence-corrected chi connectivity index (χ4v) is 4.30. The monoisotopic (exact) mass is 324 g/mol. The minimum absolute atomic E-state index is 0.0725. The average molecular weight is 324 g/mol. The first-order valence-electron chi connectivity index (χ1n) is 8.31. The number of hydrogen-bond donors (Lipinski definition) is 1. The van der Waals surface area contributed by atoms with Crippen molar-refractivity contribution in [2.75, 3.05) is 18.2 Å². The molecular formula is C16H28N4OS. The molecule has 1 aliphatic heterocycles. The van der Waals surface area contributed by atoms with Gasteiger partial charge in [0.25, 0.3) is 0 Å². The van der Waals surface area contributed by atoms with Crippen LogP contribution in [-0.4, -0.2) is 52.1 Å². The van der Waals surface area contributed by atoms with E-state index in [0.29, 0.717) is 24.5 Å². The quantitative estimate of drug-likeness (QED) is 0.786. The summed E-state index contributed by atoms with van der Waals surface area (Å²) in [6.07, 6.45) is 4.75. The fourth-order valence-electron chi connectivity index (χ4n) is 3.20. The van der Waals surface area contributed by atoms with Crippen molar-refractivity contribution in [3.63, 3.8) is 0 Å². The van der Waals surface area contributed by atoms with Gasteiger partial charge in [-0.3, -0.25) is 10.2 Å². The van der Waals surface area contributed by atoms with Crippen molar-refractivity contribution in [1.29, 1.82) is 5.26 Å². The highest BCUT2D eigenvalue weighted by Gasteiger charge is 2.32. The lowest BCUT2D eigenvalue weighted by atomic mass is 9.87. The molecule has 124 valence electrons. The predicted octanol–water partition coefficient (Wildman–Crippen LogP) is 2.21. The molecule has 0 aromatic rings. The number of nitrogens with zero attached hydrogens (tertiary/aromatic N) is 3. The molecule has 0 spiro atoms. The van der Waals surface area contributed by atoms with Gasteiger partial charge in [-0.15, -0.1) is 11.8 Å². The normalized spacial score (nSPS) is 29.1. The number of hydrogen-bond acceptors (Lipinski definition) is 5. The molecule has 1 amide bonds. The third kappa shape index (κ3) is 4.61. The van der Waals surface area contributed by atoms with E-state index in [9.17, 15) is 4.79 Å². The van der Waals surface area contributed by atoms with E-state index in [0.717, 1.165) is 24.5 Å². The SMILES string of the molecule is CC1CCC(N(CC(=O)N2CSCC2C#N)NC(C)C)CC1. The van der Waals surface area contributed by atoms with Crippen molar-refractivity contribution in [2.45, 2.75) is 64.6 Å². The van der Waals surface area contributed by atoms with Crippen LogP contribution < -0.4 is 5.43 Å². The van der Waals surface area contributed by atoms with Gasteiger partial charge in [0.05, 0.1) is 18.5 Å². The zero-order valence-electron chi connectivity index (χ0n) is 13.9. The van der Waals surface area contributed by atoms with Crippen LogP contribution in [0.5, 0.6) is 0 Å². The molecule has 0 radical (unpaired) electrons. The van der Waals surface area contributed by atoms with Gasteiger partial charge >= 0.3 is 0 Å². The number of nitrogens with one attached hydrogen (secondary N) is 1. The molecule has 0 bridgehead atoms. The van der Waals surface area contributed by atoms with Crippen LogP contribution >= 0.6 is 11.8 Å². The smallest absolute Gasteiger partial charge is 0.240 e. The Kier molecular flexibility index (Phi) is 6.54. The molecule has 0 aromatic heterocycles. The van der Waals surface area contributed by atoms with E-state index >= 15 is 0 Å². The van der Waals surface area contributed by atoms with Crippen LogP contribution in [0.25, 0.3) is 0 Å². The van der Waals surface area contributed by atoms with E-state index < -0.39 is 0 Å². The molecule has 1 N–H and O–H groups in total. The molecule has 0 aromatic carbocycles. The van der Waals surface area contributed by atoms with Crippen molar-refractivity contribution in [3.05, 3.63) is 0 Å². The second-order valence-electron chi connectivity index (χ2n) is 6.83. The molecule has 1 saturated heterocycles. The lowest BCUT2D eigenvalue weighted by Gasteiger charge is -2.37. The maximum atomic E-state index is 12.6. The van der Waals surface area contributed by atoms with E-state index in [1.807, 2.05) is 0 Å². The van der Waals surface area contributed by atoms with Crippen LogP contribution in [0.3, 0.4) is 0 Å². The molecule has 1 saturated carbocycles. The molecule has 2 aliphatic rings. The Labute approximate surface area is 138 Å². The Morgan fingerprint density at radius 3 is 2.68 bits per heavy atom. The Bertz CT molecular complexity index is 415. The minimum Gasteiger partial charge on any atom is -0.315 e. The summed E-state index contributed by atoms with van der Waals surface area (Å²) in [7, 11) is 0. The Morgan fingerprint density at radius 1 is 1.41 bits per heavy atom. The molecular weight excluding hydrogens is 296 g/mol. The van der Waals surface area contributed by atoms with Gasteiger partial charge < -0.3 is 4.90 Å². The summed E-state index contributed by atoms with van der Waals surface area (Å²) < 4.78 is 0. The van der Waals surface area contributed by atoms with Crippen LogP contribution in [0.4, 0.5) is 0 Å². The summed E-state index contributed by atoms with van der Waals surface area (Å²) in [6, 6.07) is 2.72. The Morgan fingerprint density at radius 2 is 2.09 bits per heavy atom. The molecule has 1 unspecified atom stereocenters. The topological polar surface area (TPSA) is 59.4 Å². The van der Waals surface area contributed by atoms with Gasteiger partial charge in [-0.05, 0) is 45.4 Å². The lowest BCUT2D eigenvalue weighted by molar-refractivity contribution is -0.134. The number of carbonyl (C=O) groups excluding carboxylic acids is 1.